The quantitative estimate of drug-likeness (QED) is 0.665. The minimum Gasteiger partial charge on any atom is -0.345 e. The number of rotatable bonds is 4. The molecule has 3 aromatic rings. The van der Waals surface area contributed by atoms with Crippen molar-refractivity contribution in [3.63, 3.8) is 0 Å². The van der Waals surface area contributed by atoms with Crippen molar-refractivity contribution < 1.29 is 4.79 Å². The average Bonchev–Trinajstić information content (AvgIpc) is 2.68. The fraction of sp³-hybridized carbons (Fsp3) is 0.0909. The maximum Gasteiger partial charge on any atom is 0.247 e. The monoisotopic (exact) mass is 347 g/mol. The van der Waals surface area contributed by atoms with E-state index in [0.29, 0.717) is 0 Å². The van der Waals surface area contributed by atoms with Crippen LogP contribution < -0.4 is 15.9 Å². The molecule has 0 bridgehead atoms. The third-order valence-electron chi connectivity index (χ3n) is 4.24. The van der Waals surface area contributed by atoms with E-state index >= 15 is 0 Å². The maximum absolute atomic E-state index is 12.8. The molecule has 0 aromatic heterocycles. The van der Waals surface area contributed by atoms with Gasteiger partial charge in [-0.05, 0) is 22.8 Å². The Hall–Kier alpha value is -2.57. The normalized spacial score (nSPS) is 11.0. The summed E-state index contributed by atoms with van der Waals surface area (Å²) in [4.78, 5) is 14.4. The Morgan fingerprint density at radius 2 is 1.00 bits per heavy atom. The number of carbonyl (C=O) groups excluding carboxylic acids is 1. The first-order valence-corrected chi connectivity index (χ1v) is 10.1. The number of nitrogens with zero attached hydrogens (tertiary/aromatic N) is 1. The van der Waals surface area contributed by atoms with Crippen LogP contribution in [-0.4, -0.2) is 30.7 Å². The third kappa shape index (κ3) is 3.45. The van der Waals surface area contributed by atoms with E-state index in [1.165, 1.54) is 15.9 Å². The molecule has 0 fully saturated rings. The van der Waals surface area contributed by atoms with E-state index in [1.54, 1.807) is 19.0 Å². The van der Waals surface area contributed by atoms with Crippen LogP contribution in [0, 0.1) is 0 Å². The number of hydrogen-bond acceptors (Lipinski definition) is 1. The van der Waals surface area contributed by atoms with Gasteiger partial charge >= 0.3 is 0 Å². The minimum atomic E-state index is -2.18. The van der Waals surface area contributed by atoms with Gasteiger partial charge in [0.15, 0.2) is 0 Å². The van der Waals surface area contributed by atoms with Crippen LogP contribution in [0.15, 0.2) is 91.0 Å². The summed E-state index contributed by atoms with van der Waals surface area (Å²) in [6, 6.07) is 31.1. The highest BCUT2D eigenvalue weighted by Gasteiger charge is 2.26. The summed E-state index contributed by atoms with van der Waals surface area (Å²) in [6.45, 7) is -2.18. The van der Waals surface area contributed by atoms with Crippen molar-refractivity contribution >= 4 is 34.5 Å². The Morgan fingerprint density at radius 1 is 0.680 bits per heavy atom. The van der Waals surface area contributed by atoms with Gasteiger partial charge < -0.3 is 4.90 Å². The van der Waals surface area contributed by atoms with Gasteiger partial charge in [-0.25, -0.2) is 0 Å². The van der Waals surface area contributed by atoms with E-state index in [9.17, 15) is 4.79 Å². The van der Waals surface area contributed by atoms with Crippen molar-refractivity contribution in [1.29, 1.82) is 0 Å². The lowest BCUT2D eigenvalue weighted by atomic mass is 10.4. The highest BCUT2D eigenvalue weighted by molar-refractivity contribution is 7.95. The van der Waals surface area contributed by atoms with E-state index < -0.39 is 6.89 Å². The van der Waals surface area contributed by atoms with Crippen molar-refractivity contribution in [3.8, 4) is 0 Å². The lowest BCUT2D eigenvalue weighted by Crippen LogP contribution is -2.32. The summed E-state index contributed by atoms with van der Waals surface area (Å²) >= 11 is 0. The molecule has 0 heterocycles. The molecule has 0 aliphatic carbocycles. The second kappa shape index (κ2) is 7.55. The molecule has 3 aromatic carbocycles. The SMILES string of the molecule is CN(C)C(=O)C=P(c1ccccc1)(c1ccccc1)c1ccccc1. The zero-order valence-corrected chi connectivity index (χ0v) is 15.4. The van der Waals surface area contributed by atoms with Gasteiger partial charge in [0.05, 0.1) is 0 Å². The summed E-state index contributed by atoms with van der Waals surface area (Å²) in [5.74, 6) is 1.97. The second-order valence-corrected chi connectivity index (χ2v) is 9.34. The average molecular weight is 347 g/mol. The second-order valence-electron chi connectivity index (χ2n) is 6.09. The van der Waals surface area contributed by atoms with Crippen molar-refractivity contribution in [2.24, 2.45) is 0 Å². The number of benzene rings is 3. The summed E-state index contributed by atoms with van der Waals surface area (Å²) < 4.78 is 0. The van der Waals surface area contributed by atoms with Crippen molar-refractivity contribution in [3.05, 3.63) is 91.0 Å². The molecule has 1 amide bonds. The molecule has 0 aliphatic rings. The van der Waals surface area contributed by atoms with Crippen LogP contribution >= 0.6 is 6.89 Å². The number of hydrogen-bond donors (Lipinski definition) is 0. The fourth-order valence-electron chi connectivity index (χ4n) is 2.94. The van der Waals surface area contributed by atoms with Crippen LogP contribution in [0.2, 0.25) is 0 Å². The lowest BCUT2D eigenvalue weighted by Gasteiger charge is -2.29. The topological polar surface area (TPSA) is 20.3 Å². The summed E-state index contributed by atoms with van der Waals surface area (Å²) in [6.07, 6.45) is 0. The predicted octanol–water partition coefficient (Wildman–Crippen LogP) is 2.87. The number of amides is 1. The van der Waals surface area contributed by atoms with Crippen molar-refractivity contribution in [2.75, 3.05) is 14.1 Å². The molecule has 126 valence electrons. The first kappa shape index (κ1) is 17.3. The zero-order valence-electron chi connectivity index (χ0n) is 14.5. The van der Waals surface area contributed by atoms with Gasteiger partial charge in [-0.2, -0.15) is 0 Å². The Morgan fingerprint density at radius 3 is 1.28 bits per heavy atom. The Bertz CT molecular complexity index is 784. The van der Waals surface area contributed by atoms with Crippen LogP contribution in [-0.2, 0) is 4.79 Å². The Kier molecular flexibility index (Phi) is 5.21. The molecule has 0 radical (unpaired) electrons. The van der Waals surface area contributed by atoms with Gasteiger partial charge in [0.25, 0.3) is 0 Å². The maximum atomic E-state index is 12.8. The molecule has 0 saturated carbocycles. The van der Waals surface area contributed by atoms with Crippen LogP contribution in [0.4, 0.5) is 0 Å². The molecule has 0 atom stereocenters. The van der Waals surface area contributed by atoms with Gasteiger partial charge in [-0.3, -0.25) is 4.79 Å². The molecule has 3 heteroatoms. The molecule has 0 saturated heterocycles. The molecular formula is C22H22NOP. The first-order chi connectivity index (χ1) is 12.1. The third-order valence-corrected chi connectivity index (χ3v) is 8.18. The predicted molar refractivity (Wildman–Crippen MR) is 110 cm³/mol. The van der Waals surface area contributed by atoms with E-state index in [4.69, 9.17) is 0 Å². The van der Waals surface area contributed by atoms with Crippen molar-refractivity contribution in [1.82, 2.24) is 4.90 Å². The fourth-order valence-corrected chi connectivity index (χ4v) is 6.77. The largest absolute Gasteiger partial charge is 0.345 e. The molecule has 0 aliphatic heterocycles. The highest BCUT2D eigenvalue weighted by Crippen LogP contribution is 2.43. The van der Waals surface area contributed by atoms with E-state index in [2.05, 4.69) is 36.4 Å². The molecule has 25 heavy (non-hydrogen) atoms. The van der Waals surface area contributed by atoms with Gasteiger partial charge in [0.2, 0.25) is 5.91 Å². The Labute approximate surface area is 149 Å². The first-order valence-electron chi connectivity index (χ1n) is 8.27. The molecule has 0 N–H and O–H groups in total. The number of carbonyl (C=O) groups is 1. The van der Waals surface area contributed by atoms with Gasteiger partial charge in [0.1, 0.15) is 0 Å². The summed E-state index contributed by atoms with van der Waals surface area (Å²) in [5.41, 5.74) is 0. The van der Waals surface area contributed by atoms with Gasteiger partial charge in [-0.15, -0.1) is 0 Å². The zero-order chi connectivity index (χ0) is 17.7. The van der Waals surface area contributed by atoms with E-state index in [1.807, 2.05) is 60.4 Å². The Balaban J connectivity index is 2.43. The van der Waals surface area contributed by atoms with Crippen LogP contribution in [0.5, 0.6) is 0 Å². The standard InChI is InChI=1S/C22H22NOP/c1-23(2)22(24)18-25(19-12-6-3-7-13-19,20-14-8-4-9-15-20)21-16-10-5-11-17-21/h3-18H,1-2H3. The molecule has 0 unspecified atom stereocenters. The smallest absolute Gasteiger partial charge is 0.247 e. The van der Waals surface area contributed by atoms with Crippen molar-refractivity contribution in [2.45, 2.75) is 0 Å². The van der Waals surface area contributed by atoms with Gasteiger partial charge in [-0.1, -0.05) is 91.0 Å². The van der Waals surface area contributed by atoms with E-state index in [-0.39, 0.29) is 5.91 Å². The summed E-state index contributed by atoms with van der Waals surface area (Å²) in [5, 5.41) is 3.55. The van der Waals surface area contributed by atoms with E-state index in [0.717, 1.165) is 0 Å². The van der Waals surface area contributed by atoms with Gasteiger partial charge in [0, 0.05) is 19.9 Å². The lowest BCUT2D eigenvalue weighted by molar-refractivity contribution is -0.121. The van der Waals surface area contributed by atoms with Crippen LogP contribution in [0.25, 0.3) is 0 Å². The molecule has 2 nitrogen and oxygen atoms in total. The molecule has 0 spiro atoms. The highest BCUT2D eigenvalue weighted by atomic mass is 31.2. The molecule has 3 rings (SSSR count). The van der Waals surface area contributed by atoms with Crippen LogP contribution in [0.3, 0.4) is 0 Å². The summed E-state index contributed by atoms with van der Waals surface area (Å²) in [7, 11) is 3.60. The van der Waals surface area contributed by atoms with Crippen LogP contribution in [0.1, 0.15) is 0 Å². The molecular weight excluding hydrogens is 325 g/mol. The minimum absolute atomic E-state index is 0.0323.